The van der Waals surface area contributed by atoms with E-state index in [0.29, 0.717) is 12.0 Å². The van der Waals surface area contributed by atoms with Crippen LogP contribution in [0.5, 0.6) is 0 Å². The van der Waals surface area contributed by atoms with Gasteiger partial charge in [0.25, 0.3) is 6.43 Å². The fourth-order valence-electron chi connectivity index (χ4n) is 1.48. The van der Waals surface area contributed by atoms with E-state index in [4.69, 9.17) is 0 Å². The Morgan fingerprint density at radius 2 is 2.07 bits per heavy atom. The average Bonchev–Trinajstić information content (AvgIpc) is 2.18. The van der Waals surface area contributed by atoms with Gasteiger partial charge in [-0.3, -0.25) is 0 Å². The lowest BCUT2D eigenvalue weighted by Gasteiger charge is -2.12. The number of hydrogen-bond donors (Lipinski definition) is 0. The number of hydrogen-bond acceptors (Lipinski definition) is 1. The van der Waals surface area contributed by atoms with E-state index in [1.165, 1.54) is 6.07 Å². The molecule has 1 atom stereocenters. The highest BCUT2D eigenvalue weighted by molar-refractivity contribution is 5.51. The van der Waals surface area contributed by atoms with Crippen molar-refractivity contribution in [1.29, 1.82) is 0 Å². The van der Waals surface area contributed by atoms with Crippen LogP contribution in [0.1, 0.15) is 42.4 Å². The van der Waals surface area contributed by atoms with Gasteiger partial charge in [-0.15, -0.1) is 0 Å². The van der Waals surface area contributed by atoms with Gasteiger partial charge in [0.1, 0.15) is 6.29 Å². The van der Waals surface area contributed by atoms with Crippen LogP contribution in [-0.4, -0.2) is 6.29 Å². The van der Waals surface area contributed by atoms with Gasteiger partial charge in [0.05, 0.1) is 0 Å². The third kappa shape index (κ3) is 2.85. The first-order valence-corrected chi connectivity index (χ1v) is 4.88. The van der Waals surface area contributed by atoms with Crippen molar-refractivity contribution in [3.8, 4) is 0 Å². The van der Waals surface area contributed by atoms with Crippen molar-refractivity contribution in [2.24, 2.45) is 0 Å². The van der Waals surface area contributed by atoms with E-state index in [1.807, 2.05) is 6.92 Å². The molecular weight excluding hydrogens is 198 g/mol. The summed E-state index contributed by atoms with van der Waals surface area (Å²) in [6, 6.07) is 4.97. The topological polar surface area (TPSA) is 17.1 Å². The maximum absolute atomic E-state index is 12.6. The summed E-state index contributed by atoms with van der Waals surface area (Å²) < 4.78 is 25.2. The van der Waals surface area contributed by atoms with Gasteiger partial charge < -0.3 is 4.79 Å². The van der Waals surface area contributed by atoms with Crippen LogP contribution in [0.2, 0.25) is 0 Å². The normalized spacial score (nSPS) is 12.9. The predicted octanol–water partition coefficient (Wildman–Crippen LogP) is 3.63. The molecule has 0 spiro atoms. The third-order valence-electron chi connectivity index (χ3n) is 2.56. The van der Waals surface area contributed by atoms with Gasteiger partial charge >= 0.3 is 0 Å². The Morgan fingerprint density at radius 1 is 1.40 bits per heavy atom. The smallest absolute Gasteiger partial charge is 0.264 e. The molecule has 0 aliphatic heterocycles. The summed E-state index contributed by atoms with van der Waals surface area (Å²) in [7, 11) is 0. The lowest BCUT2D eigenvalue weighted by molar-refractivity contribution is -0.108. The summed E-state index contributed by atoms with van der Waals surface area (Å²) in [4.78, 5) is 10.3. The summed E-state index contributed by atoms with van der Waals surface area (Å²) in [6.07, 6.45) is -1.27. The molecule has 15 heavy (non-hydrogen) atoms. The van der Waals surface area contributed by atoms with Crippen LogP contribution in [0.3, 0.4) is 0 Å². The van der Waals surface area contributed by atoms with Gasteiger partial charge in [-0.1, -0.05) is 19.1 Å². The molecule has 0 aromatic heterocycles. The summed E-state index contributed by atoms with van der Waals surface area (Å²) in [6.45, 7) is 3.52. The fraction of sp³-hybridized carbons (Fsp3) is 0.417. The Labute approximate surface area is 88.1 Å². The highest BCUT2D eigenvalue weighted by Crippen LogP contribution is 2.27. The fourth-order valence-corrected chi connectivity index (χ4v) is 1.48. The number of alkyl halides is 2. The lowest BCUT2D eigenvalue weighted by Crippen LogP contribution is -1.98. The Bertz CT molecular complexity index is 347. The zero-order valence-electron chi connectivity index (χ0n) is 8.84. The van der Waals surface area contributed by atoms with Gasteiger partial charge in [0, 0.05) is 12.0 Å². The number of carbonyl (C=O) groups excluding carboxylic acids is 1. The Kier molecular flexibility index (Phi) is 3.95. The second-order valence-corrected chi connectivity index (χ2v) is 3.72. The van der Waals surface area contributed by atoms with Gasteiger partial charge in [0.2, 0.25) is 0 Å². The van der Waals surface area contributed by atoms with Crippen molar-refractivity contribution in [2.45, 2.75) is 32.6 Å². The second kappa shape index (κ2) is 5.01. The molecule has 0 bridgehead atoms. The van der Waals surface area contributed by atoms with Crippen LogP contribution in [0.25, 0.3) is 0 Å². The molecule has 0 aliphatic rings. The molecule has 1 rings (SSSR count). The van der Waals surface area contributed by atoms with Crippen LogP contribution in [-0.2, 0) is 4.79 Å². The van der Waals surface area contributed by atoms with Gasteiger partial charge in [0.15, 0.2) is 0 Å². The van der Waals surface area contributed by atoms with Crippen LogP contribution in [0.4, 0.5) is 8.78 Å². The van der Waals surface area contributed by atoms with E-state index >= 15 is 0 Å². The average molecular weight is 212 g/mol. The molecule has 82 valence electrons. The molecule has 0 fully saturated rings. The quantitative estimate of drug-likeness (QED) is 0.696. The number of halogens is 2. The minimum atomic E-state index is -2.45. The number of rotatable bonds is 4. The highest BCUT2D eigenvalue weighted by Gasteiger charge is 2.13. The van der Waals surface area contributed by atoms with E-state index in [0.717, 1.165) is 11.8 Å². The Morgan fingerprint density at radius 3 is 2.60 bits per heavy atom. The molecule has 0 N–H and O–H groups in total. The molecule has 0 saturated carbocycles. The largest absolute Gasteiger partial charge is 0.303 e. The standard InChI is InChI=1S/C12H14F2O/c1-8(5-6-15)10-4-3-9(2)11(7-10)12(13)14/h3-4,6-8,12H,5H2,1-2H3. The molecule has 0 aliphatic carbocycles. The first-order valence-electron chi connectivity index (χ1n) is 4.88. The molecule has 1 nitrogen and oxygen atoms in total. The van der Waals surface area contributed by atoms with Crippen molar-refractivity contribution < 1.29 is 13.6 Å². The summed E-state index contributed by atoms with van der Waals surface area (Å²) in [5.74, 6) is 0.000556. The highest BCUT2D eigenvalue weighted by atomic mass is 19.3. The zero-order valence-corrected chi connectivity index (χ0v) is 8.84. The Hall–Kier alpha value is -1.25. The van der Waals surface area contributed by atoms with Gasteiger partial charge in [-0.2, -0.15) is 0 Å². The number of benzene rings is 1. The first-order chi connectivity index (χ1) is 7.06. The monoisotopic (exact) mass is 212 g/mol. The second-order valence-electron chi connectivity index (χ2n) is 3.72. The number of carbonyl (C=O) groups is 1. The van der Waals surface area contributed by atoms with Crippen LogP contribution in [0, 0.1) is 6.92 Å². The van der Waals surface area contributed by atoms with Gasteiger partial charge in [-0.25, -0.2) is 8.78 Å². The van der Waals surface area contributed by atoms with Crippen LogP contribution in [0.15, 0.2) is 18.2 Å². The lowest BCUT2D eigenvalue weighted by atomic mass is 9.95. The molecule has 1 aromatic rings. The van der Waals surface area contributed by atoms with Crippen LogP contribution >= 0.6 is 0 Å². The van der Waals surface area contributed by atoms with E-state index in [9.17, 15) is 13.6 Å². The van der Waals surface area contributed by atoms with E-state index in [-0.39, 0.29) is 11.5 Å². The van der Waals surface area contributed by atoms with Crippen molar-refractivity contribution in [3.63, 3.8) is 0 Å². The molecule has 0 saturated heterocycles. The molecule has 0 amide bonds. The SMILES string of the molecule is Cc1ccc(C(C)CC=O)cc1C(F)F. The van der Waals surface area contributed by atoms with E-state index in [1.54, 1.807) is 19.1 Å². The molecule has 1 aromatic carbocycles. The number of aldehydes is 1. The Balaban J connectivity index is 3.01. The molecular formula is C12H14F2O. The molecule has 1 unspecified atom stereocenters. The first kappa shape index (κ1) is 11.8. The third-order valence-corrected chi connectivity index (χ3v) is 2.56. The zero-order chi connectivity index (χ0) is 11.4. The summed E-state index contributed by atoms with van der Waals surface area (Å²) in [5, 5.41) is 0. The van der Waals surface area contributed by atoms with Gasteiger partial charge in [-0.05, 0) is 30.0 Å². The molecule has 0 radical (unpaired) electrons. The number of aryl methyl sites for hydroxylation is 1. The maximum Gasteiger partial charge on any atom is 0.264 e. The predicted molar refractivity (Wildman–Crippen MR) is 55.2 cm³/mol. The minimum absolute atomic E-state index is 0.000556. The molecule has 3 heteroatoms. The molecule has 0 heterocycles. The van der Waals surface area contributed by atoms with E-state index in [2.05, 4.69) is 0 Å². The van der Waals surface area contributed by atoms with Crippen molar-refractivity contribution in [1.82, 2.24) is 0 Å². The van der Waals surface area contributed by atoms with Crippen molar-refractivity contribution >= 4 is 6.29 Å². The van der Waals surface area contributed by atoms with Crippen molar-refractivity contribution in [3.05, 3.63) is 34.9 Å². The van der Waals surface area contributed by atoms with Crippen molar-refractivity contribution in [2.75, 3.05) is 0 Å². The maximum atomic E-state index is 12.6. The summed E-state index contributed by atoms with van der Waals surface area (Å²) in [5.41, 5.74) is 1.44. The minimum Gasteiger partial charge on any atom is -0.303 e. The van der Waals surface area contributed by atoms with E-state index < -0.39 is 6.43 Å². The summed E-state index contributed by atoms with van der Waals surface area (Å²) >= 11 is 0. The van der Waals surface area contributed by atoms with Crippen LogP contribution < -0.4 is 0 Å².